The first-order chi connectivity index (χ1) is 13.2. The Morgan fingerprint density at radius 2 is 1.64 bits per heavy atom. The van der Waals surface area contributed by atoms with Crippen molar-refractivity contribution in [1.82, 2.24) is 0 Å². The monoisotopic (exact) mass is 404 g/mol. The van der Waals surface area contributed by atoms with Crippen molar-refractivity contribution in [1.29, 1.82) is 0 Å². The summed E-state index contributed by atoms with van der Waals surface area (Å²) in [7, 11) is -3.61. The number of nitrogens with one attached hydrogen (secondary N) is 1. The van der Waals surface area contributed by atoms with Crippen LogP contribution >= 0.6 is 0 Å². The minimum absolute atomic E-state index is 0.119. The molecule has 2 rings (SSSR count). The largest absolute Gasteiger partial charge is 0.453 e. The van der Waals surface area contributed by atoms with Gasteiger partial charge >= 0.3 is 5.97 Å². The van der Waals surface area contributed by atoms with Crippen LogP contribution in [-0.4, -0.2) is 38.1 Å². The zero-order valence-electron chi connectivity index (χ0n) is 15.1. The summed E-state index contributed by atoms with van der Waals surface area (Å²) in [5.74, 6) is -2.40. The van der Waals surface area contributed by atoms with Gasteiger partial charge in [0.05, 0.1) is 17.1 Å². The lowest BCUT2D eigenvalue weighted by Gasteiger charge is -2.14. The Hall–Kier alpha value is -3.20. The van der Waals surface area contributed by atoms with Gasteiger partial charge in [-0.05, 0) is 43.3 Å². The molecule has 8 nitrogen and oxygen atoms in total. The summed E-state index contributed by atoms with van der Waals surface area (Å²) in [6.45, 7) is 1.37. The van der Waals surface area contributed by atoms with Crippen LogP contribution in [-0.2, 0) is 24.2 Å². The zero-order valence-corrected chi connectivity index (χ0v) is 15.9. The van der Waals surface area contributed by atoms with Crippen molar-refractivity contribution in [3.63, 3.8) is 0 Å². The molecule has 1 unspecified atom stereocenters. The molecule has 0 aliphatic heterocycles. The first-order valence-corrected chi connectivity index (χ1v) is 10.0. The van der Waals surface area contributed by atoms with Crippen molar-refractivity contribution in [3.05, 3.63) is 60.2 Å². The number of carbonyl (C=O) groups is 3. The summed E-state index contributed by atoms with van der Waals surface area (Å²) < 4.78 is 29.3. The molecule has 0 heterocycles. The second-order valence-corrected chi connectivity index (χ2v) is 8.05. The first kappa shape index (κ1) is 21.1. The highest BCUT2D eigenvalue weighted by Gasteiger charge is 2.21. The van der Waals surface area contributed by atoms with Crippen LogP contribution in [0.4, 0.5) is 5.69 Å². The Morgan fingerprint density at radius 3 is 2.21 bits per heavy atom. The summed E-state index contributed by atoms with van der Waals surface area (Å²) in [5, 5.41) is 2.52. The number of nitrogens with two attached hydrogens (primary N) is 1. The van der Waals surface area contributed by atoms with E-state index in [2.05, 4.69) is 5.32 Å². The first-order valence-electron chi connectivity index (χ1n) is 8.37. The number of amides is 2. The SMILES string of the molecule is CC(OC(=O)CCS(=O)(=O)c1ccccc1)C(=O)Nc1ccc(C(N)=O)cc1. The van der Waals surface area contributed by atoms with E-state index < -0.39 is 39.5 Å². The summed E-state index contributed by atoms with van der Waals surface area (Å²) in [6.07, 6.45) is -1.50. The number of carbonyl (C=O) groups excluding carboxylic acids is 3. The highest BCUT2D eigenvalue weighted by atomic mass is 32.2. The molecule has 2 aromatic carbocycles. The second-order valence-electron chi connectivity index (χ2n) is 5.94. The van der Waals surface area contributed by atoms with Gasteiger partial charge in [0.1, 0.15) is 0 Å². The van der Waals surface area contributed by atoms with Crippen LogP contribution in [0.5, 0.6) is 0 Å². The molecular weight excluding hydrogens is 384 g/mol. The molecule has 2 amide bonds. The third-order valence-electron chi connectivity index (χ3n) is 3.79. The molecule has 0 bridgehead atoms. The number of ether oxygens (including phenoxy) is 1. The average molecular weight is 404 g/mol. The lowest BCUT2D eigenvalue weighted by atomic mass is 10.2. The molecule has 9 heteroatoms. The standard InChI is InChI=1S/C19H20N2O6S/c1-13(19(24)21-15-9-7-14(8-10-15)18(20)23)27-17(22)11-12-28(25,26)16-5-3-2-4-6-16/h2-10,13H,11-12H2,1H3,(H2,20,23)(H,21,24). The Bertz CT molecular complexity index is 956. The summed E-state index contributed by atoms with van der Waals surface area (Å²) in [6, 6.07) is 13.6. The molecular formula is C19H20N2O6S. The molecule has 0 saturated carbocycles. The van der Waals surface area contributed by atoms with Gasteiger partial charge in [0.15, 0.2) is 15.9 Å². The number of esters is 1. The molecule has 148 valence electrons. The van der Waals surface area contributed by atoms with Gasteiger partial charge in [-0.3, -0.25) is 14.4 Å². The molecule has 0 saturated heterocycles. The molecule has 1 atom stereocenters. The van der Waals surface area contributed by atoms with Crippen LogP contribution in [0.3, 0.4) is 0 Å². The Morgan fingerprint density at radius 1 is 1.04 bits per heavy atom. The minimum Gasteiger partial charge on any atom is -0.453 e. The van der Waals surface area contributed by atoms with Gasteiger partial charge < -0.3 is 15.8 Å². The Kier molecular flexibility index (Phi) is 6.89. The number of primary amides is 1. The molecule has 0 fully saturated rings. The zero-order chi connectivity index (χ0) is 20.7. The molecule has 0 aliphatic carbocycles. The molecule has 0 aliphatic rings. The van der Waals surface area contributed by atoms with Gasteiger partial charge in [0.25, 0.3) is 5.91 Å². The highest BCUT2D eigenvalue weighted by Crippen LogP contribution is 2.13. The van der Waals surface area contributed by atoms with E-state index in [4.69, 9.17) is 10.5 Å². The van der Waals surface area contributed by atoms with Gasteiger partial charge in [0.2, 0.25) is 5.91 Å². The van der Waals surface area contributed by atoms with E-state index in [0.29, 0.717) is 5.69 Å². The van der Waals surface area contributed by atoms with Crippen LogP contribution in [0.2, 0.25) is 0 Å². The fourth-order valence-corrected chi connectivity index (χ4v) is 3.48. The number of hydrogen-bond donors (Lipinski definition) is 2. The summed E-state index contributed by atoms with van der Waals surface area (Å²) >= 11 is 0. The topological polar surface area (TPSA) is 133 Å². The van der Waals surface area contributed by atoms with Crippen molar-refractivity contribution >= 4 is 33.3 Å². The third-order valence-corrected chi connectivity index (χ3v) is 5.52. The van der Waals surface area contributed by atoms with Crippen molar-refractivity contribution in [3.8, 4) is 0 Å². The molecule has 0 spiro atoms. The van der Waals surface area contributed by atoms with Crippen LogP contribution in [0.15, 0.2) is 59.5 Å². The Balaban J connectivity index is 1.86. The maximum absolute atomic E-state index is 12.2. The molecule has 0 aromatic heterocycles. The maximum atomic E-state index is 12.2. The fourth-order valence-electron chi connectivity index (χ4n) is 2.23. The average Bonchev–Trinajstić information content (AvgIpc) is 2.67. The number of anilines is 1. The lowest BCUT2D eigenvalue weighted by molar-refractivity contribution is -0.152. The molecule has 0 radical (unpaired) electrons. The van der Waals surface area contributed by atoms with E-state index in [-0.39, 0.29) is 16.9 Å². The summed E-state index contributed by atoms with van der Waals surface area (Å²) in [4.78, 5) is 35.1. The van der Waals surface area contributed by atoms with E-state index in [9.17, 15) is 22.8 Å². The van der Waals surface area contributed by atoms with Crippen molar-refractivity contribution < 1.29 is 27.5 Å². The van der Waals surface area contributed by atoms with Crippen LogP contribution in [0.1, 0.15) is 23.7 Å². The number of rotatable bonds is 8. The van der Waals surface area contributed by atoms with Gasteiger partial charge in [-0.15, -0.1) is 0 Å². The maximum Gasteiger partial charge on any atom is 0.307 e. The highest BCUT2D eigenvalue weighted by molar-refractivity contribution is 7.91. The third kappa shape index (κ3) is 5.92. The van der Waals surface area contributed by atoms with E-state index >= 15 is 0 Å². The van der Waals surface area contributed by atoms with E-state index in [0.717, 1.165) is 0 Å². The van der Waals surface area contributed by atoms with Gasteiger partial charge in [-0.25, -0.2) is 8.42 Å². The fraction of sp³-hybridized carbons (Fsp3) is 0.211. The van der Waals surface area contributed by atoms with Crippen LogP contribution < -0.4 is 11.1 Å². The van der Waals surface area contributed by atoms with Gasteiger partial charge in [-0.1, -0.05) is 18.2 Å². The number of benzene rings is 2. The van der Waals surface area contributed by atoms with E-state index in [1.54, 1.807) is 18.2 Å². The van der Waals surface area contributed by atoms with Crippen molar-refractivity contribution in [2.45, 2.75) is 24.3 Å². The summed E-state index contributed by atoms with van der Waals surface area (Å²) in [5.41, 5.74) is 5.82. The normalized spacial score (nSPS) is 12.0. The molecule has 28 heavy (non-hydrogen) atoms. The quantitative estimate of drug-likeness (QED) is 0.641. The van der Waals surface area contributed by atoms with Crippen molar-refractivity contribution in [2.24, 2.45) is 5.73 Å². The predicted octanol–water partition coefficient (Wildman–Crippen LogP) is 1.52. The number of hydrogen-bond acceptors (Lipinski definition) is 6. The van der Waals surface area contributed by atoms with E-state index in [1.807, 2.05) is 0 Å². The van der Waals surface area contributed by atoms with Gasteiger partial charge in [0, 0.05) is 11.3 Å². The Labute approximate surface area is 162 Å². The van der Waals surface area contributed by atoms with E-state index in [1.165, 1.54) is 43.3 Å². The number of sulfone groups is 1. The van der Waals surface area contributed by atoms with Crippen LogP contribution in [0, 0.1) is 0 Å². The molecule has 2 aromatic rings. The lowest BCUT2D eigenvalue weighted by Crippen LogP contribution is -2.30. The minimum atomic E-state index is -3.61. The second kappa shape index (κ2) is 9.14. The van der Waals surface area contributed by atoms with Gasteiger partial charge in [-0.2, -0.15) is 0 Å². The van der Waals surface area contributed by atoms with Crippen LogP contribution in [0.25, 0.3) is 0 Å². The smallest absolute Gasteiger partial charge is 0.307 e. The predicted molar refractivity (Wildman–Crippen MR) is 102 cm³/mol. The van der Waals surface area contributed by atoms with Crippen molar-refractivity contribution in [2.75, 3.05) is 11.1 Å². The molecule has 3 N–H and O–H groups in total.